The Morgan fingerprint density at radius 3 is 2.08 bits per heavy atom. The molecule has 0 aliphatic rings. The van der Waals surface area contributed by atoms with Gasteiger partial charge >= 0.3 is 0 Å². The van der Waals surface area contributed by atoms with Gasteiger partial charge in [-0.3, -0.25) is 4.79 Å². The van der Waals surface area contributed by atoms with Crippen LogP contribution in [0.15, 0.2) is 109 Å². The minimum atomic E-state index is -0.491. The summed E-state index contributed by atoms with van der Waals surface area (Å²) in [6.45, 7) is 0.800. The predicted molar refractivity (Wildman–Crippen MR) is 142 cm³/mol. The Morgan fingerprint density at radius 2 is 1.42 bits per heavy atom. The van der Waals surface area contributed by atoms with Gasteiger partial charge in [0, 0.05) is 16.3 Å². The Bertz CT molecular complexity index is 1380. The van der Waals surface area contributed by atoms with Gasteiger partial charge in [-0.15, -0.1) is 0 Å². The number of hydrogen-bond donors (Lipinski definition) is 1. The van der Waals surface area contributed by atoms with Crippen molar-refractivity contribution in [2.24, 2.45) is 0 Å². The van der Waals surface area contributed by atoms with Crippen molar-refractivity contribution < 1.29 is 14.3 Å². The van der Waals surface area contributed by atoms with E-state index in [-0.39, 0.29) is 5.57 Å². The molecule has 6 heteroatoms. The lowest BCUT2D eigenvalue weighted by Gasteiger charge is -2.09. The molecule has 0 bridgehead atoms. The van der Waals surface area contributed by atoms with Gasteiger partial charge in [-0.25, -0.2) is 0 Å². The van der Waals surface area contributed by atoms with Crippen LogP contribution in [0.25, 0.3) is 6.08 Å². The maximum absolute atomic E-state index is 12.6. The van der Waals surface area contributed by atoms with Gasteiger partial charge in [0.05, 0.1) is 0 Å². The summed E-state index contributed by atoms with van der Waals surface area (Å²) in [5.74, 6) is 0.851. The summed E-state index contributed by atoms with van der Waals surface area (Å²) in [4.78, 5) is 12.6. The summed E-state index contributed by atoms with van der Waals surface area (Å²) in [5.41, 5.74) is 3.22. The van der Waals surface area contributed by atoms with Gasteiger partial charge in [0.1, 0.15) is 36.4 Å². The zero-order valence-electron chi connectivity index (χ0n) is 19.4. The number of amides is 1. The molecule has 0 unspecified atom stereocenters. The van der Waals surface area contributed by atoms with Crippen LogP contribution >= 0.6 is 11.6 Å². The normalized spacial score (nSPS) is 10.8. The number of ether oxygens (including phenoxy) is 2. The van der Waals surface area contributed by atoms with Crippen LogP contribution in [0.1, 0.15) is 16.7 Å². The molecule has 4 aromatic carbocycles. The molecule has 4 rings (SSSR count). The first-order valence-corrected chi connectivity index (χ1v) is 11.6. The highest BCUT2D eigenvalue weighted by molar-refractivity contribution is 6.31. The van der Waals surface area contributed by atoms with Gasteiger partial charge < -0.3 is 14.8 Å². The van der Waals surface area contributed by atoms with Gasteiger partial charge in [-0.2, -0.15) is 5.26 Å². The van der Waals surface area contributed by atoms with Crippen molar-refractivity contribution in [3.05, 3.63) is 130 Å². The molecule has 0 aliphatic heterocycles. The lowest BCUT2D eigenvalue weighted by atomic mass is 10.1. The van der Waals surface area contributed by atoms with Crippen LogP contribution in [0.4, 0.5) is 5.69 Å². The molecule has 0 spiro atoms. The number of anilines is 1. The van der Waals surface area contributed by atoms with Crippen LogP contribution in [-0.2, 0) is 18.0 Å². The molecule has 0 saturated heterocycles. The summed E-state index contributed by atoms with van der Waals surface area (Å²) in [5, 5.41) is 12.9. The first-order chi connectivity index (χ1) is 17.6. The first kappa shape index (κ1) is 24.6. The highest BCUT2D eigenvalue weighted by Crippen LogP contribution is 2.21. The van der Waals surface area contributed by atoms with Crippen molar-refractivity contribution in [3.8, 4) is 17.6 Å². The number of rotatable bonds is 9. The van der Waals surface area contributed by atoms with Crippen molar-refractivity contribution in [1.29, 1.82) is 5.26 Å². The molecule has 0 saturated carbocycles. The van der Waals surface area contributed by atoms with E-state index in [9.17, 15) is 10.1 Å². The van der Waals surface area contributed by atoms with Crippen LogP contribution in [0.2, 0.25) is 5.02 Å². The second kappa shape index (κ2) is 12.3. The third-order valence-corrected chi connectivity index (χ3v) is 5.64. The van der Waals surface area contributed by atoms with E-state index in [1.165, 1.54) is 6.08 Å². The predicted octanol–water partition coefficient (Wildman–Crippen LogP) is 7.04. The maximum atomic E-state index is 12.6. The van der Waals surface area contributed by atoms with Crippen molar-refractivity contribution in [3.63, 3.8) is 0 Å². The van der Waals surface area contributed by atoms with E-state index in [1.54, 1.807) is 48.5 Å². The van der Waals surface area contributed by atoms with E-state index in [4.69, 9.17) is 21.1 Å². The Hall–Kier alpha value is -4.53. The summed E-state index contributed by atoms with van der Waals surface area (Å²) in [7, 11) is 0. The molecular weight excluding hydrogens is 472 g/mol. The second-order valence-corrected chi connectivity index (χ2v) is 8.28. The molecule has 5 nitrogen and oxygen atoms in total. The molecule has 0 fully saturated rings. The van der Waals surface area contributed by atoms with E-state index in [2.05, 4.69) is 5.32 Å². The molecule has 36 heavy (non-hydrogen) atoms. The third kappa shape index (κ3) is 6.99. The highest BCUT2D eigenvalue weighted by Gasteiger charge is 2.10. The molecule has 1 N–H and O–H groups in total. The molecule has 4 aromatic rings. The van der Waals surface area contributed by atoms with Crippen molar-refractivity contribution in [2.45, 2.75) is 13.2 Å². The number of nitrogens with one attached hydrogen (secondary N) is 1. The Morgan fingerprint density at radius 1 is 0.806 bits per heavy atom. The zero-order chi connectivity index (χ0) is 25.2. The average Bonchev–Trinajstić information content (AvgIpc) is 2.92. The van der Waals surface area contributed by atoms with Crippen LogP contribution < -0.4 is 14.8 Å². The van der Waals surface area contributed by atoms with Gasteiger partial charge in [0.2, 0.25) is 0 Å². The number of halogens is 1. The Labute approximate surface area is 215 Å². The highest BCUT2D eigenvalue weighted by atomic mass is 35.5. The molecule has 0 aliphatic carbocycles. The lowest BCUT2D eigenvalue weighted by molar-refractivity contribution is -0.112. The second-order valence-electron chi connectivity index (χ2n) is 7.87. The topological polar surface area (TPSA) is 71.3 Å². The van der Waals surface area contributed by atoms with Crippen LogP contribution in [-0.4, -0.2) is 5.91 Å². The fourth-order valence-corrected chi connectivity index (χ4v) is 3.52. The number of nitrogens with zero attached hydrogens (tertiary/aromatic N) is 1. The van der Waals surface area contributed by atoms with Gasteiger partial charge in [-0.1, -0.05) is 72.3 Å². The standard InChI is InChI=1S/C30H23ClN2O3/c31-29-9-5-4-8-24(29)21-36-27-14-10-22(11-15-27)18-25(19-32)30(34)33-26-12-16-28(17-13-26)35-20-23-6-2-1-3-7-23/h1-18H,20-21H2,(H,33,34)/b25-18+. The Kier molecular flexibility index (Phi) is 8.37. The van der Waals surface area contributed by atoms with Gasteiger partial charge in [0.15, 0.2) is 0 Å². The van der Waals surface area contributed by atoms with Gasteiger partial charge in [0.25, 0.3) is 5.91 Å². The molecule has 0 radical (unpaired) electrons. The van der Waals surface area contributed by atoms with E-state index in [0.29, 0.717) is 41.0 Å². The van der Waals surface area contributed by atoms with Crippen LogP contribution in [0.5, 0.6) is 11.5 Å². The van der Waals surface area contributed by atoms with Crippen molar-refractivity contribution in [1.82, 2.24) is 0 Å². The smallest absolute Gasteiger partial charge is 0.266 e. The summed E-state index contributed by atoms with van der Waals surface area (Å²) in [6.07, 6.45) is 1.53. The number of nitriles is 1. The maximum Gasteiger partial charge on any atom is 0.266 e. The average molecular weight is 495 g/mol. The van der Waals surface area contributed by atoms with Crippen LogP contribution in [0.3, 0.4) is 0 Å². The molecular formula is C30H23ClN2O3. The van der Waals surface area contributed by atoms with E-state index >= 15 is 0 Å². The zero-order valence-corrected chi connectivity index (χ0v) is 20.1. The van der Waals surface area contributed by atoms with E-state index < -0.39 is 5.91 Å². The quantitative estimate of drug-likeness (QED) is 0.200. The fourth-order valence-electron chi connectivity index (χ4n) is 3.33. The number of benzene rings is 4. The molecule has 0 heterocycles. The first-order valence-electron chi connectivity index (χ1n) is 11.3. The lowest BCUT2D eigenvalue weighted by Crippen LogP contribution is -2.13. The van der Waals surface area contributed by atoms with Crippen molar-refractivity contribution >= 4 is 29.3 Å². The van der Waals surface area contributed by atoms with E-state index in [1.807, 2.05) is 60.7 Å². The number of hydrogen-bond acceptors (Lipinski definition) is 4. The summed E-state index contributed by atoms with van der Waals surface area (Å²) < 4.78 is 11.5. The van der Waals surface area contributed by atoms with E-state index in [0.717, 1.165) is 11.1 Å². The minimum absolute atomic E-state index is 0.0101. The monoisotopic (exact) mass is 494 g/mol. The minimum Gasteiger partial charge on any atom is -0.489 e. The molecule has 1 amide bonds. The van der Waals surface area contributed by atoms with Gasteiger partial charge in [-0.05, 0) is 59.7 Å². The largest absolute Gasteiger partial charge is 0.489 e. The molecule has 0 aromatic heterocycles. The fraction of sp³-hybridized carbons (Fsp3) is 0.0667. The van der Waals surface area contributed by atoms with Crippen molar-refractivity contribution in [2.75, 3.05) is 5.32 Å². The summed E-state index contributed by atoms with van der Waals surface area (Å²) >= 11 is 6.16. The molecule has 178 valence electrons. The van der Waals surface area contributed by atoms with Crippen LogP contribution in [0, 0.1) is 11.3 Å². The SMILES string of the molecule is N#C/C(=C\c1ccc(OCc2ccccc2Cl)cc1)C(=O)Nc1ccc(OCc2ccccc2)cc1. The number of carbonyl (C=O) groups excluding carboxylic acids is 1. The third-order valence-electron chi connectivity index (χ3n) is 5.27. The Balaban J connectivity index is 1.32. The summed E-state index contributed by atoms with van der Waals surface area (Å²) in [6, 6.07) is 33.5. The molecule has 0 atom stereocenters. The number of carbonyl (C=O) groups is 1.